The monoisotopic (exact) mass is 621 g/mol. The normalized spacial score (nSPS) is 30.5. The van der Waals surface area contributed by atoms with Gasteiger partial charge in [0.2, 0.25) is 0 Å². The van der Waals surface area contributed by atoms with Crippen LogP contribution in [0.25, 0.3) is 0 Å². The fourth-order valence-electron chi connectivity index (χ4n) is 8.83. The number of fused-ring (bicyclic) bond motifs is 3. The van der Waals surface area contributed by atoms with Crippen molar-refractivity contribution in [2.24, 2.45) is 29.4 Å². The third-order valence-corrected chi connectivity index (χ3v) is 17.3. The summed E-state index contributed by atoms with van der Waals surface area (Å²) in [6.45, 7) is 0. The standard InChI is InChI=1S/C42H43NSSi/c43-40-25-24-36(45(33-15-4-1-5-16-33,34-17-6-2-7-18-34)35-19-8-3-9-20-35)29-38(40)32-14-12-13-30(27-32)31-23-26-42-39(28-31)37-21-10-11-22-41(37)44-42/h1-2,4-8,10-11,14-26,29-30,37-41H,3,9,12-13,27-28,43H2. The second-order valence-corrected chi connectivity index (χ2v) is 18.6. The molecule has 226 valence electrons. The molecule has 1 heterocycles. The Hall–Kier alpha value is -3.37. The topological polar surface area (TPSA) is 26.0 Å². The lowest BCUT2D eigenvalue weighted by Crippen LogP contribution is -2.62. The molecular weight excluding hydrogens is 579 g/mol. The van der Waals surface area contributed by atoms with Crippen molar-refractivity contribution in [3.05, 3.63) is 166 Å². The van der Waals surface area contributed by atoms with Crippen LogP contribution in [0.2, 0.25) is 0 Å². The van der Waals surface area contributed by atoms with Gasteiger partial charge in [-0.05, 0) is 70.1 Å². The Morgan fingerprint density at radius 1 is 0.711 bits per heavy atom. The van der Waals surface area contributed by atoms with E-state index in [4.69, 9.17) is 5.73 Å². The van der Waals surface area contributed by atoms with Gasteiger partial charge in [0.25, 0.3) is 0 Å². The highest BCUT2D eigenvalue weighted by molar-refractivity contribution is 8.04. The van der Waals surface area contributed by atoms with Gasteiger partial charge in [-0.2, -0.15) is 0 Å². The van der Waals surface area contributed by atoms with E-state index in [1.54, 1.807) is 16.1 Å². The molecule has 2 aromatic rings. The Morgan fingerprint density at radius 2 is 1.49 bits per heavy atom. The van der Waals surface area contributed by atoms with Crippen LogP contribution in [0.1, 0.15) is 38.5 Å². The fraction of sp³-hybridized carbons (Fsp3) is 0.286. The van der Waals surface area contributed by atoms with Gasteiger partial charge in [-0.15, -0.1) is 11.8 Å². The van der Waals surface area contributed by atoms with E-state index in [-0.39, 0.29) is 12.0 Å². The third kappa shape index (κ3) is 5.23. The van der Waals surface area contributed by atoms with Crippen LogP contribution in [0.15, 0.2) is 166 Å². The summed E-state index contributed by atoms with van der Waals surface area (Å²) in [7, 11) is -2.53. The Kier molecular flexibility index (Phi) is 8.03. The molecule has 0 spiro atoms. The number of hydrogen-bond acceptors (Lipinski definition) is 2. The molecule has 1 nitrogen and oxygen atoms in total. The first-order valence-corrected chi connectivity index (χ1v) is 19.9. The number of hydrogen-bond donors (Lipinski definition) is 1. The minimum absolute atomic E-state index is 0.00543. The molecule has 1 fully saturated rings. The molecule has 0 amide bonds. The summed E-state index contributed by atoms with van der Waals surface area (Å²) < 4.78 is 0. The van der Waals surface area contributed by atoms with E-state index in [1.807, 2.05) is 0 Å². The van der Waals surface area contributed by atoms with E-state index in [9.17, 15) is 0 Å². The zero-order valence-electron chi connectivity index (χ0n) is 26.0. The molecule has 45 heavy (non-hydrogen) atoms. The molecule has 6 aliphatic rings. The van der Waals surface area contributed by atoms with Gasteiger partial charge >= 0.3 is 0 Å². The van der Waals surface area contributed by atoms with Crippen molar-refractivity contribution in [3.63, 3.8) is 0 Å². The molecule has 0 aromatic heterocycles. The van der Waals surface area contributed by atoms with Gasteiger partial charge in [0.15, 0.2) is 8.07 Å². The van der Waals surface area contributed by atoms with Crippen LogP contribution in [0.4, 0.5) is 0 Å². The smallest absolute Gasteiger partial charge is 0.178 e. The van der Waals surface area contributed by atoms with Crippen LogP contribution >= 0.6 is 11.8 Å². The average Bonchev–Trinajstić information content (AvgIpc) is 3.49. The van der Waals surface area contributed by atoms with E-state index in [1.165, 1.54) is 33.6 Å². The molecule has 5 aliphatic carbocycles. The highest BCUT2D eigenvalue weighted by Crippen LogP contribution is 2.54. The Labute approximate surface area is 274 Å². The highest BCUT2D eigenvalue weighted by Gasteiger charge is 2.45. The van der Waals surface area contributed by atoms with Crippen LogP contribution < -0.4 is 16.1 Å². The van der Waals surface area contributed by atoms with Gasteiger partial charge in [-0.3, -0.25) is 0 Å². The van der Waals surface area contributed by atoms with Crippen molar-refractivity contribution in [2.75, 3.05) is 0 Å². The van der Waals surface area contributed by atoms with Gasteiger partial charge in [0.1, 0.15) is 0 Å². The first-order valence-electron chi connectivity index (χ1n) is 17.0. The molecule has 1 saturated heterocycles. The molecule has 6 unspecified atom stereocenters. The molecule has 1 aliphatic heterocycles. The summed E-state index contributed by atoms with van der Waals surface area (Å²) in [5.41, 5.74) is 10.2. The maximum absolute atomic E-state index is 7.01. The summed E-state index contributed by atoms with van der Waals surface area (Å²) in [6, 6.07) is 22.7. The predicted octanol–water partition coefficient (Wildman–Crippen LogP) is 8.46. The van der Waals surface area contributed by atoms with E-state index in [0.717, 1.165) is 25.7 Å². The lowest BCUT2D eigenvalue weighted by molar-refractivity contribution is 0.427. The Balaban J connectivity index is 1.14. The maximum atomic E-state index is 7.01. The van der Waals surface area contributed by atoms with E-state index < -0.39 is 8.07 Å². The largest absolute Gasteiger partial charge is 0.324 e. The van der Waals surface area contributed by atoms with Crippen LogP contribution in [0.5, 0.6) is 0 Å². The first kappa shape index (κ1) is 29.1. The first-order chi connectivity index (χ1) is 22.2. The minimum atomic E-state index is -2.53. The lowest BCUT2D eigenvalue weighted by Gasteiger charge is -2.40. The fourth-order valence-corrected chi connectivity index (χ4v) is 15.3. The summed E-state index contributed by atoms with van der Waals surface area (Å²) >= 11 is 2.09. The van der Waals surface area contributed by atoms with Crippen molar-refractivity contribution >= 4 is 30.2 Å². The molecule has 0 radical (unpaired) electrons. The summed E-state index contributed by atoms with van der Waals surface area (Å²) in [6.07, 6.45) is 38.5. The van der Waals surface area contributed by atoms with E-state index in [0.29, 0.717) is 23.0 Å². The SMILES string of the molecule is NC1C=CC([Si](C2=CCCC=C2)(c2ccccc2)c2ccccc2)=CC1C1=CCCC(C2=CC=C3SC4C=CC=CC4C3C2)C1. The Bertz CT molecular complexity index is 1680. The second kappa shape index (κ2) is 12.4. The summed E-state index contributed by atoms with van der Waals surface area (Å²) in [5.74, 6) is 2.14. The van der Waals surface area contributed by atoms with Crippen LogP contribution in [-0.4, -0.2) is 19.4 Å². The number of thioether (sulfide) groups is 1. The van der Waals surface area contributed by atoms with Crippen molar-refractivity contribution in [1.82, 2.24) is 0 Å². The van der Waals surface area contributed by atoms with Gasteiger partial charge < -0.3 is 5.73 Å². The summed E-state index contributed by atoms with van der Waals surface area (Å²) in [5, 5.41) is 6.49. The van der Waals surface area contributed by atoms with Gasteiger partial charge in [0.05, 0.1) is 0 Å². The maximum Gasteiger partial charge on any atom is 0.178 e. The summed E-state index contributed by atoms with van der Waals surface area (Å²) in [4.78, 5) is 1.60. The van der Waals surface area contributed by atoms with Gasteiger partial charge in [-0.25, -0.2) is 0 Å². The zero-order valence-corrected chi connectivity index (χ0v) is 27.8. The number of nitrogens with two attached hydrogens (primary N) is 1. The number of benzene rings is 2. The molecule has 2 aromatic carbocycles. The molecule has 8 rings (SSSR count). The lowest BCUT2D eigenvalue weighted by atomic mass is 9.72. The van der Waals surface area contributed by atoms with Crippen molar-refractivity contribution < 1.29 is 0 Å². The number of allylic oxidation sites excluding steroid dienone is 14. The third-order valence-electron chi connectivity index (χ3n) is 11.0. The van der Waals surface area contributed by atoms with Crippen molar-refractivity contribution in [1.29, 1.82) is 0 Å². The van der Waals surface area contributed by atoms with Crippen LogP contribution in [-0.2, 0) is 0 Å². The van der Waals surface area contributed by atoms with Crippen molar-refractivity contribution in [3.8, 4) is 0 Å². The zero-order chi connectivity index (χ0) is 30.2. The minimum Gasteiger partial charge on any atom is -0.324 e. The molecular formula is C42H43NSSi. The van der Waals surface area contributed by atoms with Crippen molar-refractivity contribution in [2.45, 2.75) is 49.8 Å². The molecule has 2 N–H and O–H groups in total. The van der Waals surface area contributed by atoms with E-state index in [2.05, 4.69) is 151 Å². The average molecular weight is 622 g/mol. The molecule has 0 saturated carbocycles. The molecule has 6 atom stereocenters. The highest BCUT2D eigenvalue weighted by atomic mass is 32.2. The van der Waals surface area contributed by atoms with E-state index >= 15 is 0 Å². The van der Waals surface area contributed by atoms with Crippen LogP contribution in [0.3, 0.4) is 0 Å². The molecule has 3 heteroatoms. The second-order valence-electron chi connectivity index (χ2n) is 13.5. The van der Waals surface area contributed by atoms with Gasteiger partial charge in [0, 0.05) is 29.0 Å². The number of rotatable bonds is 6. The quantitative estimate of drug-likeness (QED) is 0.259. The Morgan fingerprint density at radius 3 is 2.24 bits per heavy atom. The van der Waals surface area contributed by atoms with Crippen LogP contribution in [0, 0.1) is 23.7 Å². The molecule has 0 bridgehead atoms. The predicted molar refractivity (Wildman–Crippen MR) is 196 cm³/mol. The van der Waals surface area contributed by atoms with Gasteiger partial charge in [-0.1, -0.05) is 151 Å².